The van der Waals surface area contributed by atoms with Gasteiger partial charge in [-0.3, -0.25) is 4.79 Å². The van der Waals surface area contributed by atoms with Gasteiger partial charge >= 0.3 is 0 Å². The van der Waals surface area contributed by atoms with Crippen LogP contribution in [0.2, 0.25) is 0 Å². The molecule has 1 atom stereocenters. The molecule has 0 amide bonds. The Bertz CT molecular complexity index is 532. The molecule has 0 aliphatic rings. The summed E-state index contributed by atoms with van der Waals surface area (Å²) in [5.74, 6) is -0.352. The van der Waals surface area contributed by atoms with E-state index in [1.165, 1.54) is 0 Å². The molecule has 2 aromatic rings. The third-order valence-corrected chi connectivity index (χ3v) is 2.36. The van der Waals surface area contributed by atoms with Crippen LogP contribution < -0.4 is 0 Å². The molecule has 0 spiro atoms. The van der Waals surface area contributed by atoms with Crippen molar-refractivity contribution in [3.8, 4) is 6.07 Å². The topological polar surface area (TPSA) is 58.2 Å². The highest BCUT2D eigenvalue weighted by atomic mass is 16.1. The summed E-state index contributed by atoms with van der Waals surface area (Å²) in [5.41, 5.74) is 1.17. The van der Waals surface area contributed by atoms with E-state index in [2.05, 4.69) is 4.98 Å². The second-order valence-electron chi connectivity index (χ2n) is 3.75. The summed E-state index contributed by atoms with van der Waals surface area (Å²) >= 11 is 0. The predicted octanol–water partition coefficient (Wildman–Crippen LogP) is 2.07. The van der Waals surface area contributed by atoms with Crippen LogP contribution in [0.4, 0.5) is 0 Å². The lowest BCUT2D eigenvalue weighted by atomic mass is 10.1. The summed E-state index contributed by atoms with van der Waals surface area (Å²) in [6, 6.07) is 7.63. The quantitative estimate of drug-likeness (QED) is 0.733. The van der Waals surface area contributed by atoms with Crippen LogP contribution in [-0.4, -0.2) is 15.2 Å². The fourth-order valence-electron chi connectivity index (χ4n) is 1.50. The Morgan fingerprint density at radius 1 is 1.62 bits per heavy atom. The van der Waals surface area contributed by atoms with E-state index in [9.17, 15) is 4.79 Å². The van der Waals surface area contributed by atoms with Crippen LogP contribution in [0.1, 0.15) is 23.8 Å². The molecule has 0 aromatic carbocycles. The van der Waals surface area contributed by atoms with Gasteiger partial charge < -0.3 is 4.40 Å². The van der Waals surface area contributed by atoms with Crippen LogP contribution in [0, 0.1) is 17.2 Å². The van der Waals surface area contributed by atoms with E-state index >= 15 is 0 Å². The summed E-state index contributed by atoms with van der Waals surface area (Å²) in [4.78, 5) is 16.0. The fraction of sp³-hybridized carbons (Fsp3) is 0.250. The fourth-order valence-corrected chi connectivity index (χ4v) is 1.50. The van der Waals surface area contributed by atoms with E-state index in [1.54, 1.807) is 17.5 Å². The number of hydrogen-bond acceptors (Lipinski definition) is 3. The number of aromatic nitrogens is 2. The van der Waals surface area contributed by atoms with Gasteiger partial charge in [-0.05, 0) is 19.1 Å². The van der Waals surface area contributed by atoms with Gasteiger partial charge in [-0.1, -0.05) is 6.07 Å². The summed E-state index contributed by atoms with van der Waals surface area (Å²) in [6.07, 6.45) is 3.76. The highest BCUT2D eigenvalue weighted by Crippen LogP contribution is 2.10. The van der Waals surface area contributed by atoms with Gasteiger partial charge in [-0.25, -0.2) is 4.98 Å². The van der Waals surface area contributed by atoms with Crippen LogP contribution in [0.3, 0.4) is 0 Å². The number of Topliss-reactive ketones (excluding diaryl/α,β-unsaturated/α-hetero) is 1. The van der Waals surface area contributed by atoms with Crippen LogP contribution in [0.5, 0.6) is 0 Å². The number of fused-ring (bicyclic) bond motifs is 1. The summed E-state index contributed by atoms with van der Waals surface area (Å²) in [5, 5.41) is 8.64. The number of nitriles is 1. The van der Waals surface area contributed by atoms with Crippen LogP contribution in [-0.2, 0) is 0 Å². The maximum atomic E-state index is 11.8. The van der Waals surface area contributed by atoms with Crippen LogP contribution >= 0.6 is 0 Å². The molecule has 0 aliphatic carbocycles. The number of ketones is 1. The average Bonchev–Trinajstić information content (AvgIpc) is 2.72. The number of imidazole rings is 1. The Hall–Kier alpha value is -2.15. The number of nitrogens with zero attached hydrogens (tertiary/aromatic N) is 3. The monoisotopic (exact) mass is 213 g/mol. The Balaban J connectivity index is 2.27. The van der Waals surface area contributed by atoms with Crippen molar-refractivity contribution in [3.05, 3.63) is 36.3 Å². The zero-order valence-corrected chi connectivity index (χ0v) is 8.92. The second kappa shape index (κ2) is 4.15. The minimum atomic E-state index is -0.266. The molecule has 0 saturated carbocycles. The molecule has 80 valence electrons. The van der Waals surface area contributed by atoms with Crippen molar-refractivity contribution in [3.63, 3.8) is 0 Å². The molecular weight excluding hydrogens is 202 g/mol. The first-order valence-corrected chi connectivity index (χ1v) is 5.07. The molecule has 0 aliphatic heterocycles. The van der Waals surface area contributed by atoms with E-state index in [0.717, 1.165) is 5.65 Å². The minimum absolute atomic E-state index is 0.0854. The maximum Gasteiger partial charge on any atom is 0.184 e. The zero-order valence-electron chi connectivity index (χ0n) is 8.92. The molecule has 4 nitrogen and oxygen atoms in total. The van der Waals surface area contributed by atoms with Gasteiger partial charge in [-0.2, -0.15) is 5.26 Å². The van der Waals surface area contributed by atoms with Gasteiger partial charge in [0.2, 0.25) is 0 Å². The van der Waals surface area contributed by atoms with Crippen molar-refractivity contribution in [2.45, 2.75) is 13.3 Å². The SMILES string of the molecule is CC(C#N)CC(=O)c1cn2ccccc2n1. The van der Waals surface area contributed by atoms with Gasteiger partial charge in [0, 0.05) is 18.8 Å². The van der Waals surface area contributed by atoms with Gasteiger partial charge in [-0.15, -0.1) is 0 Å². The Morgan fingerprint density at radius 2 is 2.44 bits per heavy atom. The Labute approximate surface area is 93.1 Å². The number of carbonyl (C=O) groups excluding carboxylic acids is 1. The summed E-state index contributed by atoms with van der Waals surface area (Å²) < 4.78 is 1.80. The molecule has 2 aromatic heterocycles. The molecule has 2 heterocycles. The first kappa shape index (κ1) is 10.4. The predicted molar refractivity (Wildman–Crippen MR) is 58.9 cm³/mol. The molecule has 0 bridgehead atoms. The zero-order chi connectivity index (χ0) is 11.5. The molecule has 1 unspecified atom stereocenters. The van der Waals surface area contributed by atoms with Gasteiger partial charge in [0.25, 0.3) is 0 Å². The lowest BCUT2D eigenvalue weighted by Gasteiger charge is -1.97. The molecule has 0 N–H and O–H groups in total. The van der Waals surface area contributed by atoms with E-state index in [-0.39, 0.29) is 18.1 Å². The first-order valence-electron chi connectivity index (χ1n) is 5.07. The van der Waals surface area contributed by atoms with Crippen molar-refractivity contribution in [1.82, 2.24) is 9.38 Å². The van der Waals surface area contributed by atoms with Gasteiger partial charge in [0.15, 0.2) is 5.78 Å². The third-order valence-electron chi connectivity index (χ3n) is 2.36. The van der Waals surface area contributed by atoms with Crippen molar-refractivity contribution in [1.29, 1.82) is 5.26 Å². The number of carbonyl (C=O) groups is 1. The largest absolute Gasteiger partial charge is 0.306 e. The highest BCUT2D eigenvalue weighted by Gasteiger charge is 2.13. The molecule has 0 saturated heterocycles. The van der Waals surface area contributed by atoms with E-state index in [1.807, 2.05) is 30.5 Å². The van der Waals surface area contributed by atoms with Crippen molar-refractivity contribution in [2.75, 3.05) is 0 Å². The normalized spacial score (nSPS) is 12.2. The van der Waals surface area contributed by atoms with Crippen molar-refractivity contribution >= 4 is 11.4 Å². The molecule has 2 rings (SSSR count). The van der Waals surface area contributed by atoms with E-state index in [0.29, 0.717) is 5.69 Å². The van der Waals surface area contributed by atoms with Crippen molar-refractivity contribution < 1.29 is 4.79 Å². The lowest BCUT2D eigenvalue weighted by Crippen LogP contribution is -2.04. The summed E-state index contributed by atoms with van der Waals surface area (Å²) in [7, 11) is 0. The number of pyridine rings is 1. The Kier molecular flexibility index (Phi) is 2.69. The van der Waals surface area contributed by atoms with Crippen molar-refractivity contribution in [2.24, 2.45) is 5.92 Å². The molecule has 4 heteroatoms. The minimum Gasteiger partial charge on any atom is -0.306 e. The summed E-state index contributed by atoms with van der Waals surface area (Å²) in [6.45, 7) is 1.73. The van der Waals surface area contributed by atoms with Gasteiger partial charge in [0.05, 0.1) is 12.0 Å². The molecule has 0 radical (unpaired) electrons. The third kappa shape index (κ3) is 1.94. The number of rotatable bonds is 3. The van der Waals surface area contributed by atoms with Crippen LogP contribution in [0.15, 0.2) is 30.6 Å². The second-order valence-corrected chi connectivity index (χ2v) is 3.75. The number of hydrogen-bond donors (Lipinski definition) is 0. The smallest absolute Gasteiger partial charge is 0.184 e. The van der Waals surface area contributed by atoms with E-state index < -0.39 is 0 Å². The highest BCUT2D eigenvalue weighted by molar-refractivity contribution is 5.95. The van der Waals surface area contributed by atoms with Crippen LogP contribution in [0.25, 0.3) is 5.65 Å². The average molecular weight is 213 g/mol. The molecule has 0 fully saturated rings. The van der Waals surface area contributed by atoms with Gasteiger partial charge in [0.1, 0.15) is 11.3 Å². The Morgan fingerprint density at radius 3 is 3.12 bits per heavy atom. The first-order chi connectivity index (χ1) is 7.70. The molecular formula is C12H11N3O. The maximum absolute atomic E-state index is 11.8. The standard InChI is InChI=1S/C12H11N3O/c1-9(7-13)6-11(16)10-8-15-5-3-2-4-12(15)14-10/h2-5,8-9H,6H2,1H3. The molecule has 16 heavy (non-hydrogen) atoms. The van der Waals surface area contributed by atoms with E-state index in [4.69, 9.17) is 5.26 Å². The lowest BCUT2D eigenvalue weighted by molar-refractivity contribution is 0.0968.